The summed E-state index contributed by atoms with van der Waals surface area (Å²) in [5.41, 5.74) is 6.86. The zero-order valence-electron chi connectivity index (χ0n) is 15.9. The van der Waals surface area contributed by atoms with E-state index in [9.17, 15) is 14.4 Å². The molecule has 0 bridgehead atoms. The van der Waals surface area contributed by atoms with E-state index >= 15 is 0 Å². The molecule has 156 valence electrons. The second kappa shape index (κ2) is 9.19. The van der Waals surface area contributed by atoms with Crippen molar-refractivity contribution in [1.82, 2.24) is 5.32 Å². The summed E-state index contributed by atoms with van der Waals surface area (Å²) in [4.78, 5) is 35.6. The summed E-state index contributed by atoms with van der Waals surface area (Å²) in [6.07, 6.45) is -0.163. The molecule has 0 fully saturated rings. The molecule has 1 heterocycles. The number of benzene rings is 2. The molecule has 0 saturated heterocycles. The molecule has 2 amide bonds. The van der Waals surface area contributed by atoms with Crippen molar-refractivity contribution in [2.24, 2.45) is 5.73 Å². The molecule has 1 unspecified atom stereocenters. The Balaban J connectivity index is 1.77. The molecule has 0 spiro atoms. The summed E-state index contributed by atoms with van der Waals surface area (Å²) in [6, 6.07) is 9.72. The SMILES string of the molecule is Cc1cc2oc(=O)cc(COC(=O)CC(NC(N)=O)c3ccc(Cl)cc3)c2cc1Cl. The second-order valence-electron chi connectivity index (χ2n) is 6.67. The van der Waals surface area contributed by atoms with Crippen LogP contribution in [0.5, 0.6) is 0 Å². The van der Waals surface area contributed by atoms with Gasteiger partial charge in [0, 0.05) is 27.1 Å². The highest BCUT2D eigenvalue weighted by molar-refractivity contribution is 6.32. The van der Waals surface area contributed by atoms with E-state index < -0.39 is 23.7 Å². The van der Waals surface area contributed by atoms with Gasteiger partial charge >= 0.3 is 17.6 Å². The van der Waals surface area contributed by atoms with E-state index in [2.05, 4.69) is 5.32 Å². The number of halogens is 2. The predicted molar refractivity (Wildman–Crippen MR) is 114 cm³/mol. The number of urea groups is 1. The van der Waals surface area contributed by atoms with E-state index in [1.807, 2.05) is 0 Å². The fourth-order valence-corrected chi connectivity index (χ4v) is 3.26. The third-order valence-corrected chi connectivity index (χ3v) is 5.12. The molecule has 9 heteroatoms. The van der Waals surface area contributed by atoms with E-state index in [0.29, 0.717) is 32.1 Å². The van der Waals surface area contributed by atoms with Gasteiger partial charge in [-0.15, -0.1) is 0 Å². The van der Waals surface area contributed by atoms with Crippen molar-refractivity contribution < 1.29 is 18.7 Å². The fourth-order valence-electron chi connectivity index (χ4n) is 2.97. The van der Waals surface area contributed by atoms with Gasteiger partial charge in [0.05, 0.1) is 12.5 Å². The summed E-state index contributed by atoms with van der Waals surface area (Å²) in [6.45, 7) is 1.63. The number of fused-ring (bicyclic) bond motifs is 1. The van der Waals surface area contributed by atoms with Crippen LogP contribution in [0.4, 0.5) is 4.79 Å². The molecule has 2 aromatic carbocycles. The maximum atomic E-state index is 12.4. The Morgan fingerprint density at radius 2 is 1.87 bits per heavy atom. The fraction of sp³-hybridized carbons (Fsp3) is 0.190. The lowest BCUT2D eigenvalue weighted by Crippen LogP contribution is -2.34. The Hall–Kier alpha value is -3.03. The van der Waals surface area contributed by atoms with Crippen LogP contribution >= 0.6 is 23.2 Å². The first-order chi connectivity index (χ1) is 14.2. The predicted octanol–water partition coefficient (Wildman–Crippen LogP) is 4.25. The van der Waals surface area contributed by atoms with Crippen molar-refractivity contribution >= 4 is 46.2 Å². The smallest absolute Gasteiger partial charge is 0.336 e. The number of esters is 1. The van der Waals surface area contributed by atoms with Crippen LogP contribution in [0.15, 0.2) is 51.7 Å². The molecule has 0 aliphatic heterocycles. The lowest BCUT2D eigenvalue weighted by atomic mass is 10.0. The number of hydrogen-bond acceptors (Lipinski definition) is 5. The Morgan fingerprint density at radius 1 is 1.17 bits per heavy atom. The normalized spacial score (nSPS) is 11.8. The van der Waals surface area contributed by atoms with Crippen LogP contribution < -0.4 is 16.7 Å². The van der Waals surface area contributed by atoms with Crippen LogP contribution in [-0.2, 0) is 16.1 Å². The average molecular weight is 449 g/mol. The summed E-state index contributed by atoms with van der Waals surface area (Å²) < 4.78 is 10.5. The first kappa shape index (κ1) is 21.7. The van der Waals surface area contributed by atoms with E-state index in [1.165, 1.54) is 6.07 Å². The molecule has 0 radical (unpaired) electrons. The third-order valence-electron chi connectivity index (χ3n) is 4.46. The van der Waals surface area contributed by atoms with Gasteiger partial charge in [0.1, 0.15) is 12.2 Å². The van der Waals surface area contributed by atoms with Crippen molar-refractivity contribution in [3.63, 3.8) is 0 Å². The van der Waals surface area contributed by atoms with Crippen molar-refractivity contribution in [2.75, 3.05) is 0 Å². The van der Waals surface area contributed by atoms with E-state index in [0.717, 1.165) is 5.56 Å². The summed E-state index contributed by atoms with van der Waals surface area (Å²) in [5, 5.41) is 4.10. The minimum absolute atomic E-state index is 0.162. The first-order valence-corrected chi connectivity index (χ1v) is 9.68. The number of nitrogens with one attached hydrogen (secondary N) is 1. The lowest BCUT2D eigenvalue weighted by Gasteiger charge is -2.17. The number of carbonyl (C=O) groups is 2. The number of amides is 2. The first-order valence-electron chi connectivity index (χ1n) is 8.93. The van der Waals surface area contributed by atoms with Gasteiger partial charge < -0.3 is 20.2 Å². The van der Waals surface area contributed by atoms with Gasteiger partial charge in [-0.25, -0.2) is 9.59 Å². The molecule has 0 saturated carbocycles. The van der Waals surface area contributed by atoms with Crippen LogP contribution in [0.25, 0.3) is 11.0 Å². The molecule has 3 aromatic rings. The van der Waals surface area contributed by atoms with Crippen molar-refractivity contribution in [2.45, 2.75) is 26.0 Å². The van der Waals surface area contributed by atoms with Crippen LogP contribution in [0.1, 0.15) is 29.2 Å². The topological polar surface area (TPSA) is 112 Å². The standard InChI is InChI=1S/C21H18Cl2N2O5/c1-11-6-18-15(8-16(11)23)13(7-20(27)30-18)10-29-19(26)9-17(25-21(24)28)12-2-4-14(22)5-3-12/h2-8,17H,9-10H2,1H3,(H3,24,25,28). The molecular weight excluding hydrogens is 431 g/mol. The van der Waals surface area contributed by atoms with Gasteiger partial charge in [-0.3, -0.25) is 4.79 Å². The Labute approximate surface area is 181 Å². The van der Waals surface area contributed by atoms with Crippen molar-refractivity contribution in [3.8, 4) is 0 Å². The molecular formula is C21H18Cl2N2O5. The second-order valence-corrected chi connectivity index (χ2v) is 7.51. The Bertz CT molecular complexity index is 1160. The van der Waals surface area contributed by atoms with E-state index in [-0.39, 0.29) is 13.0 Å². The van der Waals surface area contributed by atoms with Gasteiger partial charge in [-0.1, -0.05) is 35.3 Å². The van der Waals surface area contributed by atoms with Crippen LogP contribution in [0.3, 0.4) is 0 Å². The largest absolute Gasteiger partial charge is 0.461 e. The molecule has 0 aliphatic carbocycles. The number of ether oxygens (including phenoxy) is 1. The van der Waals surface area contributed by atoms with Gasteiger partial charge in [0.2, 0.25) is 0 Å². The average Bonchev–Trinajstić information content (AvgIpc) is 2.67. The van der Waals surface area contributed by atoms with Crippen LogP contribution in [0.2, 0.25) is 10.0 Å². The maximum absolute atomic E-state index is 12.4. The zero-order valence-corrected chi connectivity index (χ0v) is 17.4. The number of carbonyl (C=O) groups excluding carboxylic acids is 2. The Kier molecular flexibility index (Phi) is 6.64. The molecule has 7 nitrogen and oxygen atoms in total. The van der Waals surface area contributed by atoms with Gasteiger partial charge in [0.25, 0.3) is 0 Å². The summed E-state index contributed by atoms with van der Waals surface area (Å²) in [5.74, 6) is -0.594. The molecule has 0 aliphatic rings. The molecule has 1 atom stereocenters. The zero-order chi connectivity index (χ0) is 21.8. The number of nitrogens with two attached hydrogens (primary N) is 1. The number of rotatable bonds is 6. The highest BCUT2D eigenvalue weighted by atomic mass is 35.5. The number of aryl methyl sites for hydroxylation is 1. The monoisotopic (exact) mass is 448 g/mol. The van der Waals surface area contributed by atoms with Crippen LogP contribution in [0, 0.1) is 6.92 Å². The number of primary amides is 1. The highest BCUT2D eigenvalue weighted by Crippen LogP contribution is 2.26. The summed E-state index contributed by atoms with van der Waals surface area (Å²) >= 11 is 12.0. The maximum Gasteiger partial charge on any atom is 0.336 e. The van der Waals surface area contributed by atoms with Gasteiger partial charge in [0.15, 0.2) is 0 Å². The molecule has 3 rings (SSSR count). The molecule has 30 heavy (non-hydrogen) atoms. The van der Waals surface area contributed by atoms with Gasteiger partial charge in [-0.05, 0) is 42.3 Å². The van der Waals surface area contributed by atoms with E-state index in [4.69, 9.17) is 38.1 Å². The van der Waals surface area contributed by atoms with Gasteiger partial charge in [-0.2, -0.15) is 0 Å². The molecule has 1 aromatic heterocycles. The van der Waals surface area contributed by atoms with Crippen LogP contribution in [-0.4, -0.2) is 12.0 Å². The quantitative estimate of drug-likeness (QED) is 0.432. The minimum atomic E-state index is -0.778. The van der Waals surface area contributed by atoms with Crippen molar-refractivity contribution in [1.29, 1.82) is 0 Å². The number of hydrogen-bond donors (Lipinski definition) is 2. The van der Waals surface area contributed by atoms with E-state index in [1.54, 1.807) is 43.3 Å². The minimum Gasteiger partial charge on any atom is -0.461 e. The third kappa shape index (κ3) is 5.31. The Morgan fingerprint density at radius 3 is 2.53 bits per heavy atom. The highest BCUT2D eigenvalue weighted by Gasteiger charge is 2.19. The molecule has 3 N–H and O–H groups in total. The lowest BCUT2D eigenvalue weighted by molar-refractivity contribution is -0.145. The van der Waals surface area contributed by atoms with Crippen molar-refractivity contribution in [3.05, 3.63) is 79.6 Å². The summed E-state index contributed by atoms with van der Waals surface area (Å²) in [7, 11) is 0.